The van der Waals surface area contributed by atoms with E-state index in [9.17, 15) is 9.59 Å². The zero-order valence-corrected chi connectivity index (χ0v) is 18.9. The van der Waals surface area contributed by atoms with E-state index in [1.807, 2.05) is 49.4 Å². The molecule has 0 aromatic heterocycles. The summed E-state index contributed by atoms with van der Waals surface area (Å²) in [6, 6.07) is 15.0. The van der Waals surface area contributed by atoms with E-state index >= 15 is 0 Å². The summed E-state index contributed by atoms with van der Waals surface area (Å²) in [5.41, 5.74) is 4.19. The van der Waals surface area contributed by atoms with Crippen LogP contribution >= 0.6 is 11.8 Å². The monoisotopic (exact) mass is 428 g/mol. The lowest BCUT2D eigenvalue weighted by molar-refractivity contribution is -0.144. The lowest BCUT2D eigenvalue weighted by Gasteiger charge is -2.18. The summed E-state index contributed by atoms with van der Waals surface area (Å²) in [6.45, 7) is 6.19. The maximum Gasteiger partial charge on any atom is 0.329 e. The minimum atomic E-state index is -0.706. The molecule has 0 fully saturated rings. The lowest BCUT2D eigenvalue weighted by atomic mass is 10.0. The van der Waals surface area contributed by atoms with E-state index in [1.54, 1.807) is 18.7 Å². The Kier molecular flexibility index (Phi) is 10.3. The summed E-state index contributed by atoms with van der Waals surface area (Å²) in [5.74, 6) is 0.786. The van der Waals surface area contributed by atoms with Crippen LogP contribution in [0.2, 0.25) is 0 Å². The first kappa shape index (κ1) is 23.8. The van der Waals surface area contributed by atoms with Gasteiger partial charge in [-0.25, -0.2) is 9.59 Å². The Balaban J connectivity index is 1.93. The van der Waals surface area contributed by atoms with Gasteiger partial charge in [-0.3, -0.25) is 0 Å². The molecule has 6 heteroatoms. The molecule has 0 aliphatic rings. The third-order valence-corrected chi connectivity index (χ3v) is 5.74. The van der Waals surface area contributed by atoms with Crippen molar-refractivity contribution in [3.63, 3.8) is 0 Å². The molecule has 0 aliphatic heterocycles. The molecule has 2 amide bonds. The number of amides is 2. The number of hydrogen-bond donors (Lipinski definition) is 2. The molecule has 162 valence electrons. The first-order chi connectivity index (χ1) is 14.5. The number of anilines is 1. The van der Waals surface area contributed by atoms with Gasteiger partial charge in [0.25, 0.3) is 0 Å². The molecule has 30 heavy (non-hydrogen) atoms. The van der Waals surface area contributed by atoms with Gasteiger partial charge in [-0.05, 0) is 49.4 Å². The highest BCUT2D eigenvalue weighted by atomic mass is 32.2. The Hall–Kier alpha value is -2.47. The minimum Gasteiger partial charge on any atom is -0.464 e. The van der Waals surface area contributed by atoms with Crippen molar-refractivity contribution >= 4 is 29.4 Å². The zero-order valence-electron chi connectivity index (χ0n) is 18.1. The maximum atomic E-state index is 12.5. The molecule has 0 saturated carbocycles. The third kappa shape index (κ3) is 8.11. The molecule has 0 saturated heterocycles. The van der Waals surface area contributed by atoms with E-state index < -0.39 is 18.0 Å². The molecule has 2 aromatic carbocycles. The number of carbonyl (C=O) groups excluding carboxylic acids is 2. The molecule has 1 atom stereocenters. The molecule has 0 spiro atoms. The second kappa shape index (κ2) is 13.0. The highest BCUT2D eigenvalue weighted by molar-refractivity contribution is 7.98. The van der Waals surface area contributed by atoms with Crippen LogP contribution < -0.4 is 10.6 Å². The summed E-state index contributed by atoms with van der Waals surface area (Å²) in [4.78, 5) is 24.8. The number of thioether (sulfide) groups is 1. The van der Waals surface area contributed by atoms with Crippen LogP contribution in [0.1, 0.15) is 43.4 Å². The second-order valence-electron chi connectivity index (χ2n) is 7.16. The molecule has 0 aliphatic carbocycles. The average Bonchev–Trinajstić information content (AvgIpc) is 2.74. The van der Waals surface area contributed by atoms with E-state index in [4.69, 9.17) is 4.74 Å². The fourth-order valence-corrected chi connectivity index (χ4v) is 4.00. The fourth-order valence-electron chi connectivity index (χ4n) is 3.00. The van der Waals surface area contributed by atoms with Gasteiger partial charge >= 0.3 is 12.0 Å². The van der Waals surface area contributed by atoms with E-state index in [0.717, 1.165) is 36.3 Å². The van der Waals surface area contributed by atoms with Crippen LogP contribution in [0.3, 0.4) is 0 Å². The van der Waals surface area contributed by atoms with Gasteiger partial charge in [0.15, 0.2) is 0 Å². The van der Waals surface area contributed by atoms with E-state index in [1.165, 1.54) is 11.1 Å². The fraction of sp³-hybridized carbons (Fsp3) is 0.417. The molecule has 2 rings (SSSR count). The van der Waals surface area contributed by atoms with Crippen molar-refractivity contribution in [1.29, 1.82) is 0 Å². The standard InChI is InChI=1S/C24H32N2O3S/c1-4-6-10-19-13-14-21(18(3)15-19)25-24(28)26-22(23(27)29-5-2)17-30-16-20-11-8-7-9-12-20/h7-9,11-15,22H,4-6,10,16-17H2,1-3H3,(H2,25,26,28). The van der Waals surface area contributed by atoms with Crippen LogP contribution in [-0.4, -0.2) is 30.4 Å². The van der Waals surface area contributed by atoms with Crippen molar-refractivity contribution in [2.75, 3.05) is 17.7 Å². The normalized spacial score (nSPS) is 11.6. The highest BCUT2D eigenvalue weighted by Crippen LogP contribution is 2.18. The molecular formula is C24H32N2O3S. The summed E-state index contributed by atoms with van der Waals surface area (Å²) in [6.07, 6.45) is 3.33. The molecule has 0 heterocycles. The quantitative estimate of drug-likeness (QED) is 0.475. The summed E-state index contributed by atoms with van der Waals surface area (Å²) in [7, 11) is 0. The van der Waals surface area contributed by atoms with E-state index in [-0.39, 0.29) is 6.61 Å². The Morgan fingerprint density at radius 1 is 1.07 bits per heavy atom. The van der Waals surface area contributed by atoms with Gasteiger partial charge in [0.1, 0.15) is 6.04 Å². The summed E-state index contributed by atoms with van der Waals surface area (Å²) in [5, 5.41) is 5.63. The predicted octanol–water partition coefficient (Wildman–Crippen LogP) is 5.32. The average molecular weight is 429 g/mol. The molecule has 2 aromatic rings. The number of urea groups is 1. The van der Waals surface area contributed by atoms with Gasteiger partial charge < -0.3 is 15.4 Å². The van der Waals surface area contributed by atoms with Crippen molar-refractivity contribution in [3.05, 3.63) is 65.2 Å². The smallest absolute Gasteiger partial charge is 0.329 e. The summed E-state index contributed by atoms with van der Waals surface area (Å²) < 4.78 is 5.14. The summed E-state index contributed by atoms with van der Waals surface area (Å²) >= 11 is 1.59. The molecule has 0 radical (unpaired) electrons. The number of carbonyl (C=O) groups is 2. The Morgan fingerprint density at radius 2 is 1.83 bits per heavy atom. The molecule has 5 nitrogen and oxygen atoms in total. The van der Waals surface area contributed by atoms with E-state index in [0.29, 0.717) is 5.75 Å². The number of aryl methyl sites for hydroxylation is 2. The van der Waals surface area contributed by atoms with Gasteiger partial charge in [0.05, 0.1) is 6.61 Å². The largest absolute Gasteiger partial charge is 0.464 e. The van der Waals surface area contributed by atoms with Crippen LogP contribution in [0.25, 0.3) is 0 Å². The number of hydrogen-bond acceptors (Lipinski definition) is 4. The number of ether oxygens (including phenoxy) is 1. The van der Waals surface area contributed by atoms with Crippen molar-refractivity contribution in [2.24, 2.45) is 0 Å². The minimum absolute atomic E-state index is 0.278. The van der Waals surface area contributed by atoms with Crippen LogP contribution in [0.4, 0.5) is 10.5 Å². The van der Waals surface area contributed by atoms with Gasteiger partial charge in [0.2, 0.25) is 0 Å². The zero-order chi connectivity index (χ0) is 21.8. The molecule has 1 unspecified atom stereocenters. The maximum absolute atomic E-state index is 12.5. The highest BCUT2D eigenvalue weighted by Gasteiger charge is 2.22. The van der Waals surface area contributed by atoms with Crippen molar-refractivity contribution in [3.8, 4) is 0 Å². The van der Waals surface area contributed by atoms with Gasteiger partial charge in [-0.2, -0.15) is 11.8 Å². The second-order valence-corrected chi connectivity index (χ2v) is 8.19. The molecular weight excluding hydrogens is 396 g/mol. The topological polar surface area (TPSA) is 67.4 Å². The molecule has 2 N–H and O–H groups in total. The number of nitrogens with one attached hydrogen (secondary N) is 2. The SMILES string of the molecule is CCCCc1ccc(NC(=O)NC(CSCc2ccccc2)C(=O)OCC)c(C)c1. The molecule has 0 bridgehead atoms. The third-order valence-electron chi connectivity index (χ3n) is 4.63. The van der Waals surface area contributed by atoms with Crippen molar-refractivity contribution in [1.82, 2.24) is 5.32 Å². The number of esters is 1. The van der Waals surface area contributed by atoms with Crippen molar-refractivity contribution < 1.29 is 14.3 Å². The Bertz CT molecular complexity index is 811. The van der Waals surface area contributed by atoms with Crippen LogP contribution in [0, 0.1) is 6.92 Å². The van der Waals surface area contributed by atoms with Gasteiger partial charge in [-0.1, -0.05) is 55.8 Å². The van der Waals surface area contributed by atoms with Crippen LogP contribution in [-0.2, 0) is 21.7 Å². The van der Waals surface area contributed by atoms with Crippen LogP contribution in [0.5, 0.6) is 0 Å². The Morgan fingerprint density at radius 3 is 2.50 bits per heavy atom. The van der Waals surface area contributed by atoms with Crippen LogP contribution in [0.15, 0.2) is 48.5 Å². The number of benzene rings is 2. The van der Waals surface area contributed by atoms with Crippen molar-refractivity contribution in [2.45, 2.75) is 51.8 Å². The van der Waals surface area contributed by atoms with E-state index in [2.05, 4.69) is 23.6 Å². The van der Waals surface area contributed by atoms with Gasteiger partial charge in [0, 0.05) is 17.2 Å². The number of rotatable bonds is 11. The van der Waals surface area contributed by atoms with Gasteiger partial charge in [-0.15, -0.1) is 0 Å². The Labute approximate surface area is 184 Å². The number of unbranched alkanes of at least 4 members (excludes halogenated alkanes) is 1. The lowest BCUT2D eigenvalue weighted by Crippen LogP contribution is -2.45. The predicted molar refractivity (Wildman–Crippen MR) is 125 cm³/mol. The first-order valence-electron chi connectivity index (χ1n) is 10.5. The first-order valence-corrected chi connectivity index (χ1v) is 11.6.